The number of thiazole rings is 1. The number of carboxylic acids is 1. The van der Waals surface area contributed by atoms with E-state index in [2.05, 4.69) is 15.0 Å². The minimum Gasteiger partial charge on any atom is -0.481 e. The first-order chi connectivity index (χ1) is 9.11. The monoisotopic (exact) mass is 284 g/mol. The number of carbonyl (C=O) groups is 2. The summed E-state index contributed by atoms with van der Waals surface area (Å²) in [6.45, 7) is 0.441. The summed E-state index contributed by atoms with van der Waals surface area (Å²) >= 11 is 1.48. The minimum atomic E-state index is -0.813. The zero-order chi connectivity index (χ0) is 13.8. The quantitative estimate of drug-likeness (QED) is 0.799. The zero-order valence-electron chi connectivity index (χ0n) is 10.6. The number of nitrogens with zero attached hydrogens (tertiary/aromatic N) is 1. The van der Waals surface area contributed by atoms with Crippen LogP contribution in [0.4, 0.5) is 5.13 Å². The molecule has 0 bridgehead atoms. The average Bonchev–Trinajstić information content (AvgIpc) is 2.80. The Hall–Kier alpha value is -1.63. The van der Waals surface area contributed by atoms with E-state index in [9.17, 15) is 9.59 Å². The maximum absolute atomic E-state index is 11.2. The van der Waals surface area contributed by atoms with Crippen molar-refractivity contribution in [1.29, 1.82) is 0 Å². The van der Waals surface area contributed by atoms with Crippen LogP contribution in [0.15, 0.2) is 0 Å². The largest absolute Gasteiger partial charge is 0.481 e. The molecule has 104 valence electrons. The minimum absolute atomic E-state index is 0.267. The Morgan fingerprint density at radius 2 is 2.37 bits per heavy atom. The zero-order valence-corrected chi connectivity index (χ0v) is 11.5. The summed E-state index contributed by atoms with van der Waals surface area (Å²) in [6, 6.07) is 0. The van der Waals surface area contributed by atoms with Crippen molar-refractivity contribution in [3.05, 3.63) is 10.6 Å². The first-order valence-electron chi connectivity index (χ1n) is 6.15. The van der Waals surface area contributed by atoms with Gasteiger partial charge in [-0.3, -0.25) is 9.59 Å². The van der Waals surface area contributed by atoms with Crippen LogP contribution < -0.4 is 5.32 Å². The fourth-order valence-electron chi connectivity index (χ4n) is 2.11. The van der Waals surface area contributed by atoms with Gasteiger partial charge in [0, 0.05) is 11.4 Å². The predicted molar refractivity (Wildman–Crippen MR) is 70.6 cm³/mol. The number of esters is 1. The lowest BCUT2D eigenvalue weighted by Crippen LogP contribution is -2.17. The van der Waals surface area contributed by atoms with Crippen LogP contribution in [-0.2, 0) is 20.7 Å². The van der Waals surface area contributed by atoms with Crippen molar-refractivity contribution in [3.8, 4) is 0 Å². The highest BCUT2D eigenvalue weighted by atomic mass is 32.1. The van der Waals surface area contributed by atoms with Gasteiger partial charge in [-0.15, -0.1) is 11.3 Å². The summed E-state index contributed by atoms with van der Waals surface area (Å²) in [7, 11) is 1.35. The fourth-order valence-corrected chi connectivity index (χ4v) is 3.20. The highest BCUT2D eigenvalue weighted by molar-refractivity contribution is 7.15. The summed E-state index contributed by atoms with van der Waals surface area (Å²) in [5, 5.41) is 12.9. The number of aromatic nitrogens is 1. The Balaban J connectivity index is 2.01. The molecule has 1 aliphatic rings. The van der Waals surface area contributed by atoms with Crippen molar-refractivity contribution in [2.24, 2.45) is 0 Å². The molecular weight excluding hydrogens is 268 g/mol. The molecule has 7 heteroatoms. The first-order valence-corrected chi connectivity index (χ1v) is 6.96. The second-order valence-electron chi connectivity index (χ2n) is 4.36. The second kappa shape index (κ2) is 6.01. The van der Waals surface area contributed by atoms with Gasteiger partial charge in [0.2, 0.25) is 0 Å². The molecule has 6 nitrogen and oxygen atoms in total. The summed E-state index contributed by atoms with van der Waals surface area (Å²) in [4.78, 5) is 27.5. The number of carbonyl (C=O) groups excluding carboxylic acids is 1. The van der Waals surface area contributed by atoms with Crippen LogP contribution in [0.3, 0.4) is 0 Å². The van der Waals surface area contributed by atoms with Gasteiger partial charge in [0.1, 0.15) is 5.92 Å². The summed E-state index contributed by atoms with van der Waals surface area (Å²) < 4.78 is 4.54. The molecule has 0 fully saturated rings. The van der Waals surface area contributed by atoms with Crippen molar-refractivity contribution in [1.82, 2.24) is 4.98 Å². The van der Waals surface area contributed by atoms with Crippen molar-refractivity contribution < 1.29 is 19.4 Å². The smallest absolute Gasteiger partial charge is 0.312 e. The Kier molecular flexibility index (Phi) is 4.36. The third kappa shape index (κ3) is 3.23. The Labute approximate surface area is 114 Å². The van der Waals surface area contributed by atoms with Crippen LogP contribution >= 0.6 is 11.3 Å². The van der Waals surface area contributed by atoms with Crippen molar-refractivity contribution in [2.75, 3.05) is 19.0 Å². The number of aliphatic carboxylic acids is 1. The maximum Gasteiger partial charge on any atom is 0.312 e. The molecule has 0 aromatic carbocycles. The van der Waals surface area contributed by atoms with Gasteiger partial charge < -0.3 is 15.2 Å². The molecule has 0 spiro atoms. The number of methoxy groups -OCH3 is 1. The molecule has 2 N–H and O–H groups in total. The molecule has 19 heavy (non-hydrogen) atoms. The van der Waals surface area contributed by atoms with E-state index >= 15 is 0 Å². The molecule has 0 aliphatic heterocycles. The molecule has 0 amide bonds. The molecule has 0 radical (unpaired) electrons. The number of hydrogen-bond acceptors (Lipinski definition) is 6. The highest BCUT2D eigenvalue weighted by Crippen LogP contribution is 2.36. The van der Waals surface area contributed by atoms with E-state index < -0.39 is 11.9 Å². The fraction of sp³-hybridized carbons (Fsp3) is 0.583. The molecule has 0 saturated carbocycles. The Bertz CT molecular complexity index is 486. The van der Waals surface area contributed by atoms with E-state index in [1.165, 1.54) is 18.4 Å². The van der Waals surface area contributed by atoms with Gasteiger partial charge in [0.25, 0.3) is 0 Å². The van der Waals surface area contributed by atoms with Crippen LogP contribution in [0.1, 0.15) is 35.8 Å². The van der Waals surface area contributed by atoms with Crippen molar-refractivity contribution in [2.45, 2.75) is 31.6 Å². The maximum atomic E-state index is 11.2. The summed E-state index contributed by atoms with van der Waals surface area (Å²) in [5.41, 5.74) is 0.685. The lowest BCUT2D eigenvalue weighted by Gasteiger charge is -2.16. The second-order valence-corrected chi connectivity index (χ2v) is 5.45. The number of hydrogen-bond donors (Lipinski definition) is 2. The summed E-state index contributed by atoms with van der Waals surface area (Å²) in [6.07, 6.45) is 2.68. The Morgan fingerprint density at radius 3 is 3.05 bits per heavy atom. The van der Waals surface area contributed by atoms with E-state index in [-0.39, 0.29) is 12.4 Å². The number of carboxylic acid groups (broad SMARTS) is 1. The average molecular weight is 284 g/mol. The van der Waals surface area contributed by atoms with Gasteiger partial charge in [0.05, 0.1) is 19.2 Å². The lowest BCUT2D eigenvalue weighted by atomic mass is 9.91. The number of aryl methyl sites for hydroxylation is 1. The Morgan fingerprint density at radius 1 is 1.58 bits per heavy atom. The topological polar surface area (TPSA) is 88.5 Å². The SMILES string of the molecule is COC(=O)CCNc1nc2c(s1)CCCC2C(=O)O. The van der Waals surface area contributed by atoms with Crippen molar-refractivity contribution >= 4 is 28.4 Å². The molecule has 1 unspecified atom stereocenters. The van der Waals surface area contributed by atoms with E-state index in [4.69, 9.17) is 5.11 Å². The van der Waals surface area contributed by atoms with Crippen LogP contribution in [-0.4, -0.2) is 35.7 Å². The summed E-state index contributed by atoms with van der Waals surface area (Å²) in [5.74, 6) is -1.58. The van der Waals surface area contributed by atoms with Gasteiger partial charge in [-0.05, 0) is 19.3 Å². The standard InChI is InChI=1S/C12H16N2O4S/c1-18-9(15)5-6-13-12-14-10-7(11(16)17)3-2-4-8(10)19-12/h7H,2-6H2,1H3,(H,13,14)(H,16,17). The molecule has 1 aromatic rings. The first kappa shape index (κ1) is 13.8. The third-order valence-electron chi connectivity index (χ3n) is 3.09. The number of fused-ring (bicyclic) bond motifs is 1. The third-order valence-corrected chi connectivity index (χ3v) is 4.17. The number of anilines is 1. The van der Waals surface area contributed by atoms with Crippen LogP contribution in [0, 0.1) is 0 Å². The molecule has 2 rings (SSSR count). The molecule has 0 saturated heterocycles. The van der Waals surface area contributed by atoms with E-state index in [1.807, 2.05) is 0 Å². The van der Waals surface area contributed by atoms with Gasteiger partial charge in [-0.1, -0.05) is 0 Å². The van der Waals surface area contributed by atoms with Gasteiger partial charge in [-0.25, -0.2) is 4.98 Å². The predicted octanol–water partition coefficient (Wildman–Crippen LogP) is 1.62. The molecular formula is C12H16N2O4S. The molecule has 1 atom stereocenters. The number of ether oxygens (including phenoxy) is 1. The van der Waals surface area contributed by atoms with Crippen LogP contribution in [0.2, 0.25) is 0 Å². The number of nitrogens with one attached hydrogen (secondary N) is 1. The number of rotatable bonds is 5. The molecule has 1 heterocycles. The highest BCUT2D eigenvalue weighted by Gasteiger charge is 2.29. The van der Waals surface area contributed by atoms with E-state index in [0.717, 1.165) is 17.7 Å². The van der Waals surface area contributed by atoms with Gasteiger partial charge in [-0.2, -0.15) is 0 Å². The molecule has 1 aliphatic carbocycles. The van der Waals surface area contributed by atoms with Gasteiger partial charge in [0.15, 0.2) is 5.13 Å². The molecule has 1 aromatic heterocycles. The van der Waals surface area contributed by atoms with Gasteiger partial charge >= 0.3 is 11.9 Å². The van der Waals surface area contributed by atoms with Crippen LogP contribution in [0.5, 0.6) is 0 Å². The van der Waals surface area contributed by atoms with Crippen molar-refractivity contribution in [3.63, 3.8) is 0 Å². The van der Waals surface area contributed by atoms with Crippen LogP contribution in [0.25, 0.3) is 0 Å². The lowest BCUT2D eigenvalue weighted by molar-refractivity contribution is -0.140. The van der Waals surface area contributed by atoms with E-state index in [1.54, 1.807) is 0 Å². The van der Waals surface area contributed by atoms with E-state index in [0.29, 0.717) is 23.8 Å². The normalized spacial score (nSPS) is 17.6.